The summed E-state index contributed by atoms with van der Waals surface area (Å²) in [6.45, 7) is 16.2. The van der Waals surface area contributed by atoms with Crippen molar-refractivity contribution in [3.63, 3.8) is 0 Å². The number of pyridine rings is 2. The molecule has 0 aliphatic heterocycles. The predicted molar refractivity (Wildman–Crippen MR) is 179 cm³/mol. The van der Waals surface area contributed by atoms with Crippen LogP contribution >= 0.6 is 0 Å². The monoisotopic (exact) mass is 652 g/mol. The molecule has 1 atom stereocenters. The molecule has 46 heavy (non-hydrogen) atoms. The fourth-order valence-electron chi connectivity index (χ4n) is 5.03. The van der Waals surface area contributed by atoms with Crippen LogP contribution in [0.4, 0.5) is 10.6 Å². The van der Waals surface area contributed by atoms with E-state index in [1.807, 2.05) is 24.3 Å². The number of rotatable bonds is 11. The second-order valence-electron chi connectivity index (χ2n) is 14.1. The lowest BCUT2D eigenvalue weighted by Gasteiger charge is -2.31. The van der Waals surface area contributed by atoms with Gasteiger partial charge in [0, 0.05) is 12.6 Å². The molecule has 0 fully saturated rings. The number of sulfone groups is 1. The summed E-state index contributed by atoms with van der Waals surface area (Å²) in [4.78, 5) is 33.9. The van der Waals surface area contributed by atoms with Crippen molar-refractivity contribution in [3.8, 4) is 0 Å². The molecule has 10 nitrogen and oxygen atoms in total. The zero-order chi connectivity index (χ0) is 34.6. The molecule has 0 aliphatic carbocycles. The van der Waals surface area contributed by atoms with Gasteiger partial charge in [-0.25, -0.2) is 23.2 Å². The van der Waals surface area contributed by atoms with E-state index in [2.05, 4.69) is 30.7 Å². The first-order valence-corrected chi connectivity index (χ1v) is 16.9. The van der Waals surface area contributed by atoms with Crippen LogP contribution in [-0.2, 0) is 40.8 Å². The van der Waals surface area contributed by atoms with Gasteiger partial charge in [0.25, 0.3) is 0 Å². The van der Waals surface area contributed by atoms with E-state index in [0.29, 0.717) is 5.56 Å². The number of aromatic nitrogens is 2. The van der Waals surface area contributed by atoms with Gasteiger partial charge in [0.15, 0.2) is 9.90 Å². The van der Waals surface area contributed by atoms with Crippen LogP contribution in [0, 0.1) is 0 Å². The Labute approximate surface area is 273 Å². The number of nitrogens with two attached hydrogens (primary N) is 1. The number of hydrogen-bond donors (Lipinski definition) is 1. The number of anilines is 1. The maximum Gasteiger partial charge on any atom is 0.416 e. The Morgan fingerprint density at radius 2 is 1.48 bits per heavy atom. The molecule has 2 N–H and O–H groups in total. The number of carbonyl (C=O) groups excluding carboxylic acids is 2. The second-order valence-corrected chi connectivity index (χ2v) is 16.3. The summed E-state index contributed by atoms with van der Waals surface area (Å²) in [5, 5.41) is -0.219. The van der Waals surface area contributed by atoms with Gasteiger partial charge in [-0.2, -0.15) is 0 Å². The largest absolute Gasteiger partial charge is 0.459 e. The summed E-state index contributed by atoms with van der Waals surface area (Å²) >= 11 is 0. The van der Waals surface area contributed by atoms with Gasteiger partial charge in [-0.1, -0.05) is 63.6 Å². The van der Waals surface area contributed by atoms with Crippen LogP contribution in [0.2, 0.25) is 0 Å². The van der Waals surface area contributed by atoms with Crippen molar-refractivity contribution in [1.82, 2.24) is 9.97 Å². The van der Waals surface area contributed by atoms with Gasteiger partial charge in [-0.3, -0.25) is 9.69 Å². The van der Waals surface area contributed by atoms with Gasteiger partial charge in [0.2, 0.25) is 9.84 Å². The maximum absolute atomic E-state index is 14.3. The third kappa shape index (κ3) is 9.13. The summed E-state index contributed by atoms with van der Waals surface area (Å²) in [5.41, 5.74) is 6.95. The summed E-state index contributed by atoms with van der Waals surface area (Å²) in [6, 6.07) is 16.8. The molecule has 1 aromatic carbocycles. The molecule has 3 rings (SSSR count). The highest BCUT2D eigenvalue weighted by Crippen LogP contribution is 2.35. The molecule has 1 unspecified atom stereocenters. The van der Waals surface area contributed by atoms with Crippen molar-refractivity contribution >= 4 is 27.7 Å². The molecule has 250 valence electrons. The maximum atomic E-state index is 14.3. The van der Waals surface area contributed by atoms with E-state index in [1.54, 1.807) is 53.7 Å². The van der Waals surface area contributed by atoms with Crippen molar-refractivity contribution < 1.29 is 27.5 Å². The zero-order valence-corrected chi connectivity index (χ0v) is 29.3. The van der Waals surface area contributed by atoms with Gasteiger partial charge in [0.05, 0.1) is 5.69 Å². The Morgan fingerprint density at radius 1 is 0.848 bits per heavy atom. The topological polar surface area (TPSA) is 142 Å². The molecule has 0 saturated carbocycles. The highest BCUT2D eigenvalue weighted by Gasteiger charge is 2.46. The molecule has 2 aromatic heterocycles. The van der Waals surface area contributed by atoms with E-state index < -0.39 is 44.5 Å². The first-order chi connectivity index (χ1) is 21.2. The van der Waals surface area contributed by atoms with Gasteiger partial charge < -0.3 is 15.2 Å². The lowest BCUT2D eigenvalue weighted by Crippen LogP contribution is -2.48. The molecule has 0 radical (unpaired) electrons. The summed E-state index contributed by atoms with van der Waals surface area (Å²) in [5.74, 6) is -0.725. The number of benzene rings is 1. The smallest absolute Gasteiger partial charge is 0.416 e. The third-order valence-corrected chi connectivity index (χ3v) is 9.34. The number of esters is 1. The third-order valence-electron chi connectivity index (χ3n) is 7.24. The average molecular weight is 653 g/mol. The number of nitrogens with zero attached hydrogens (tertiary/aromatic N) is 3. The number of ether oxygens (including phenoxy) is 2. The first kappa shape index (κ1) is 36.6. The number of carbonyl (C=O) groups is 2. The van der Waals surface area contributed by atoms with Gasteiger partial charge >= 0.3 is 12.1 Å². The standard InChI is InChI=1S/C35H48N4O6S/c1-10-21-34(8,9)26-19-17-25(18-20-26)23-35(36,46(42,43)29-16-11-12-22-37-29)27-14-13-15-28(38-27)39(31(41)45-33(5,6)7)24-30(40)44-32(2,3)4/h11-20,22H,10,21,23-24,36H2,1-9H3. The Bertz CT molecular complexity index is 1610. The van der Waals surface area contributed by atoms with Crippen LogP contribution in [0.1, 0.15) is 92.0 Å². The lowest BCUT2D eigenvalue weighted by atomic mass is 9.80. The minimum atomic E-state index is -4.36. The lowest BCUT2D eigenvalue weighted by molar-refractivity contribution is -0.153. The van der Waals surface area contributed by atoms with Crippen molar-refractivity contribution in [1.29, 1.82) is 0 Å². The minimum absolute atomic E-state index is 0.0275. The van der Waals surface area contributed by atoms with Crippen molar-refractivity contribution in [2.75, 3.05) is 11.4 Å². The molecule has 0 saturated heterocycles. The van der Waals surface area contributed by atoms with Crippen molar-refractivity contribution in [2.24, 2.45) is 5.73 Å². The number of hydrogen-bond acceptors (Lipinski definition) is 9. The van der Waals surface area contributed by atoms with Crippen LogP contribution in [-0.4, -0.2) is 48.2 Å². The van der Waals surface area contributed by atoms with Gasteiger partial charge in [-0.15, -0.1) is 0 Å². The van der Waals surface area contributed by atoms with Crippen LogP contribution in [0.5, 0.6) is 0 Å². The molecule has 0 bridgehead atoms. The Morgan fingerprint density at radius 3 is 2.02 bits per heavy atom. The highest BCUT2D eigenvalue weighted by atomic mass is 32.2. The van der Waals surface area contributed by atoms with Crippen LogP contribution in [0.15, 0.2) is 71.9 Å². The average Bonchev–Trinajstić information content (AvgIpc) is 2.94. The quantitative estimate of drug-likeness (QED) is 0.231. The molecular formula is C35H48N4O6S. The van der Waals surface area contributed by atoms with Crippen LogP contribution < -0.4 is 10.6 Å². The van der Waals surface area contributed by atoms with Gasteiger partial charge in [-0.05, 0) is 88.8 Å². The van der Waals surface area contributed by atoms with Crippen LogP contribution in [0.3, 0.4) is 0 Å². The fourth-order valence-corrected chi connectivity index (χ4v) is 6.61. The second kappa shape index (κ2) is 13.9. The van der Waals surface area contributed by atoms with Crippen molar-refractivity contribution in [3.05, 3.63) is 83.7 Å². The molecule has 2 heterocycles. The first-order valence-electron chi connectivity index (χ1n) is 15.4. The molecule has 0 aliphatic rings. The summed E-state index contributed by atoms with van der Waals surface area (Å²) in [7, 11) is -4.36. The zero-order valence-electron chi connectivity index (χ0n) is 28.5. The summed E-state index contributed by atoms with van der Waals surface area (Å²) in [6.07, 6.45) is 2.40. The molecule has 0 spiro atoms. The highest BCUT2D eigenvalue weighted by molar-refractivity contribution is 7.92. The number of amides is 1. The van der Waals surface area contributed by atoms with E-state index in [-0.39, 0.29) is 28.4 Å². The molecule has 11 heteroatoms. The van der Waals surface area contributed by atoms with E-state index in [1.165, 1.54) is 30.5 Å². The van der Waals surface area contributed by atoms with Crippen molar-refractivity contribution in [2.45, 2.75) is 108 Å². The SMILES string of the molecule is CCCC(C)(C)c1ccc(CC(N)(c2cccc(N(CC(=O)OC(C)(C)C)C(=O)OC(C)(C)C)n2)S(=O)(=O)c2ccccn2)cc1. The fraction of sp³-hybridized carbons (Fsp3) is 0.486. The Hall–Kier alpha value is -3.83. The summed E-state index contributed by atoms with van der Waals surface area (Å²) < 4.78 is 39.6. The van der Waals surface area contributed by atoms with Gasteiger partial charge in [0.1, 0.15) is 23.6 Å². The van der Waals surface area contributed by atoms with Crippen LogP contribution in [0.25, 0.3) is 0 Å². The molecule has 1 amide bonds. The van der Waals surface area contributed by atoms with E-state index >= 15 is 0 Å². The predicted octanol–water partition coefficient (Wildman–Crippen LogP) is 6.47. The molecular weight excluding hydrogens is 604 g/mol. The van der Waals surface area contributed by atoms with E-state index in [9.17, 15) is 18.0 Å². The Balaban J connectivity index is 2.16. The normalized spacial score (nSPS) is 13.9. The van der Waals surface area contributed by atoms with E-state index in [4.69, 9.17) is 15.2 Å². The molecule has 3 aromatic rings. The minimum Gasteiger partial charge on any atom is -0.459 e. The Kier molecular flexibility index (Phi) is 11.1. The van der Waals surface area contributed by atoms with E-state index in [0.717, 1.165) is 23.3 Å².